The number of rotatable bonds is 4. The molecule has 0 aliphatic heterocycles. The van der Waals surface area contributed by atoms with Gasteiger partial charge in [0.2, 0.25) is 0 Å². The molecule has 6 heteroatoms. The van der Waals surface area contributed by atoms with Crippen molar-refractivity contribution in [3.8, 4) is 0 Å². The zero-order valence-electron chi connectivity index (χ0n) is 11.1. The topological polar surface area (TPSA) is 61.5 Å². The quantitative estimate of drug-likeness (QED) is 0.522. The lowest BCUT2D eigenvalue weighted by Crippen LogP contribution is -2.22. The highest BCUT2D eigenvalue weighted by molar-refractivity contribution is 9.10. The van der Waals surface area contributed by atoms with Crippen molar-refractivity contribution in [1.29, 1.82) is 0 Å². The average Bonchev–Trinajstić information content (AvgIpc) is 2.28. The molecule has 2 N–H and O–H groups in total. The lowest BCUT2D eigenvalue weighted by molar-refractivity contribution is -0.0281. The summed E-state index contributed by atoms with van der Waals surface area (Å²) in [5.41, 5.74) is 5.22. The van der Waals surface area contributed by atoms with Gasteiger partial charge in [-0.15, -0.1) is 0 Å². The second kappa shape index (κ2) is 6.34. The summed E-state index contributed by atoms with van der Waals surface area (Å²) in [6.45, 7) is 6.15. The van der Waals surface area contributed by atoms with Gasteiger partial charge in [-0.25, -0.2) is 9.18 Å². The summed E-state index contributed by atoms with van der Waals surface area (Å²) in [4.78, 5) is 11.8. The molecule has 19 heavy (non-hydrogen) atoms. The van der Waals surface area contributed by atoms with E-state index in [-0.39, 0.29) is 23.5 Å². The molecule has 0 spiro atoms. The van der Waals surface area contributed by atoms with Gasteiger partial charge in [-0.3, -0.25) is 0 Å². The molecule has 1 rings (SSSR count). The molecule has 0 aromatic heterocycles. The minimum atomic E-state index is -0.584. The molecule has 106 valence electrons. The molecule has 0 radical (unpaired) electrons. The highest BCUT2D eigenvalue weighted by Gasteiger charge is 2.15. The normalized spacial score (nSPS) is 11.4. The summed E-state index contributed by atoms with van der Waals surface area (Å²) in [6.07, 6.45) is 0. The summed E-state index contributed by atoms with van der Waals surface area (Å²) >= 11 is 3.09. The molecular formula is C13H17BrFNO3. The van der Waals surface area contributed by atoms with E-state index in [1.165, 1.54) is 6.07 Å². The maximum absolute atomic E-state index is 13.1. The van der Waals surface area contributed by atoms with Crippen molar-refractivity contribution in [3.05, 3.63) is 28.0 Å². The maximum atomic E-state index is 13.1. The highest BCUT2D eigenvalue weighted by atomic mass is 79.9. The lowest BCUT2D eigenvalue weighted by atomic mass is 10.2. The van der Waals surface area contributed by atoms with Gasteiger partial charge in [-0.05, 0) is 48.8 Å². The number of halogens is 2. The number of hydrogen-bond acceptors (Lipinski definition) is 4. The number of nitrogens with two attached hydrogens (primary N) is 1. The minimum Gasteiger partial charge on any atom is -0.460 e. The van der Waals surface area contributed by atoms with Crippen molar-refractivity contribution in [2.75, 3.05) is 18.9 Å². The Morgan fingerprint density at radius 1 is 1.37 bits per heavy atom. The van der Waals surface area contributed by atoms with Gasteiger partial charge < -0.3 is 15.2 Å². The van der Waals surface area contributed by atoms with E-state index in [1.807, 2.05) is 20.8 Å². The van der Waals surface area contributed by atoms with Gasteiger partial charge in [-0.2, -0.15) is 0 Å². The summed E-state index contributed by atoms with van der Waals surface area (Å²) in [7, 11) is 0. The Morgan fingerprint density at radius 3 is 2.58 bits per heavy atom. The summed E-state index contributed by atoms with van der Waals surface area (Å²) < 4.78 is 23.9. The van der Waals surface area contributed by atoms with E-state index in [0.717, 1.165) is 6.07 Å². The monoisotopic (exact) mass is 333 g/mol. The van der Waals surface area contributed by atoms with E-state index in [9.17, 15) is 9.18 Å². The molecule has 4 nitrogen and oxygen atoms in total. The third-order valence-electron chi connectivity index (χ3n) is 2.16. The molecule has 0 amide bonds. The molecule has 0 heterocycles. The van der Waals surface area contributed by atoms with Crippen LogP contribution in [0.5, 0.6) is 0 Å². The van der Waals surface area contributed by atoms with Crippen LogP contribution in [-0.2, 0) is 9.47 Å². The molecule has 0 fully saturated rings. The Morgan fingerprint density at radius 2 is 2.00 bits per heavy atom. The standard InChI is InChI=1S/C13H17BrFNO3/c1-13(2,3)19-5-4-18-12(17)8-6-11(16)10(15)7-9(8)14/h6-7H,4-5,16H2,1-3H3. The largest absolute Gasteiger partial charge is 0.460 e. The van der Waals surface area contributed by atoms with Crippen LogP contribution >= 0.6 is 15.9 Å². The molecule has 0 saturated carbocycles. The van der Waals surface area contributed by atoms with Gasteiger partial charge in [0.05, 0.1) is 23.5 Å². The number of carbonyl (C=O) groups is 1. The number of nitrogen functional groups attached to an aromatic ring is 1. The first-order valence-corrected chi connectivity index (χ1v) is 6.55. The first-order chi connectivity index (χ1) is 8.70. The minimum absolute atomic E-state index is 0.0962. The molecule has 1 aromatic rings. The fourth-order valence-electron chi connectivity index (χ4n) is 1.28. The van der Waals surface area contributed by atoms with Crippen LogP contribution in [0, 0.1) is 5.82 Å². The van der Waals surface area contributed by atoms with Gasteiger partial charge in [0.1, 0.15) is 12.4 Å². The fraction of sp³-hybridized carbons (Fsp3) is 0.462. The Bertz CT molecular complexity index is 472. The molecular weight excluding hydrogens is 317 g/mol. The smallest absolute Gasteiger partial charge is 0.339 e. The van der Waals surface area contributed by atoms with Crippen LogP contribution in [0.25, 0.3) is 0 Å². The second-order valence-electron chi connectivity index (χ2n) is 4.95. The van der Waals surface area contributed by atoms with Gasteiger partial charge in [0, 0.05) is 4.47 Å². The van der Waals surface area contributed by atoms with Crippen molar-refractivity contribution in [2.45, 2.75) is 26.4 Å². The number of carbonyl (C=O) groups excluding carboxylic acids is 1. The lowest BCUT2D eigenvalue weighted by Gasteiger charge is -2.19. The summed E-state index contributed by atoms with van der Waals surface area (Å²) in [6, 6.07) is 2.38. The third kappa shape index (κ3) is 5.16. The number of benzene rings is 1. The van der Waals surface area contributed by atoms with E-state index in [1.54, 1.807) is 0 Å². The molecule has 0 aliphatic rings. The Balaban J connectivity index is 2.57. The van der Waals surface area contributed by atoms with Crippen LogP contribution in [0.2, 0.25) is 0 Å². The van der Waals surface area contributed by atoms with E-state index < -0.39 is 11.8 Å². The zero-order chi connectivity index (χ0) is 14.6. The van der Waals surface area contributed by atoms with Crippen molar-refractivity contribution < 1.29 is 18.7 Å². The van der Waals surface area contributed by atoms with E-state index >= 15 is 0 Å². The summed E-state index contributed by atoms with van der Waals surface area (Å²) in [5, 5.41) is 0. The first-order valence-electron chi connectivity index (χ1n) is 5.76. The molecule has 0 aliphatic carbocycles. The van der Waals surface area contributed by atoms with E-state index in [4.69, 9.17) is 15.2 Å². The van der Waals surface area contributed by atoms with E-state index in [2.05, 4.69) is 15.9 Å². The predicted molar refractivity (Wildman–Crippen MR) is 74.5 cm³/mol. The van der Waals surface area contributed by atoms with Gasteiger partial charge in [-0.1, -0.05) is 0 Å². The Labute approximate surface area is 120 Å². The fourth-order valence-corrected chi connectivity index (χ4v) is 1.76. The van der Waals surface area contributed by atoms with Crippen LogP contribution in [0.1, 0.15) is 31.1 Å². The van der Waals surface area contributed by atoms with Crippen molar-refractivity contribution in [1.82, 2.24) is 0 Å². The molecule has 0 atom stereocenters. The summed E-state index contributed by atoms with van der Waals surface area (Å²) in [5.74, 6) is -1.16. The van der Waals surface area contributed by atoms with E-state index in [0.29, 0.717) is 11.1 Å². The molecule has 0 saturated heterocycles. The van der Waals surface area contributed by atoms with Crippen LogP contribution in [-0.4, -0.2) is 24.8 Å². The van der Waals surface area contributed by atoms with Gasteiger partial charge in [0.25, 0.3) is 0 Å². The molecule has 1 aromatic carbocycles. The van der Waals surface area contributed by atoms with Crippen LogP contribution in [0.15, 0.2) is 16.6 Å². The van der Waals surface area contributed by atoms with Crippen LogP contribution in [0.3, 0.4) is 0 Å². The third-order valence-corrected chi connectivity index (χ3v) is 2.81. The first kappa shape index (κ1) is 15.9. The van der Waals surface area contributed by atoms with Crippen LogP contribution < -0.4 is 5.73 Å². The van der Waals surface area contributed by atoms with Crippen molar-refractivity contribution in [3.63, 3.8) is 0 Å². The Hall–Kier alpha value is -1.14. The number of hydrogen-bond donors (Lipinski definition) is 1. The number of anilines is 1. The Kier molecular flexibility index (Phi) is 5.31. The SMILES string of the molecule is CC(C)(C)OCCOC(=O)c1cc(N)c(F)cc1Br. The van der Waals surface area contributed by atoms with Crippen LogP contribution in [0.4, 0.5) is 10.1 Å². The van der Waals surface area contributed by atoms with Crippen molar-refractivity contribution in [2.24, 2.45) is 0 Å². The number of esters is 1. The molecule has 0 bridgehead atoms. The predicted octanol–water partition coefficient (Wildman–Crippen LogP) is 3.14. The van der Waals surface area contributed by atoms with Gasteiger partial charge >= 0.3 is 5.97 Å². The second-order valence-corrected chi connectivity index (χ2v) is 5.80. The van der Waals surface area contributed by atoms with Crippen molar-refractivity contribution >= 4 is 27.6 Å². The zero-order valence-corrected chi connectivity index (χ0v) is 12.7. The average molecular weight is 334 g/mol. The molecule has 0 unspecified atom stereocenters. The highest BCUT2D eigenvalue weighted by Crippen LogP contribution is 2.23. The maximum Gasteiger partial charge on any atom is 0.339 e. The van der Waals surface area contributed by atoms with Gasteiger partial charge in [0.15, 0.2) is 0 Å². The number of ether oxygens (including phenoxy) is 2.